The standard InChI is InChI=1S/C12H18ClN3O/c1-8(2)10-6-9(7-11(13)16-10)12(17)15-5-3-4-14/h6-8H,3-5,14H2,1-2H3,(H,15,17). The number of nitrogens with one attached hydrogen (secondary N) is 1. The Balaban J connectivity index is 2.79. The topological polar surface area (TPSA) is 68.0 Å². The first-order valence-electron chi connectivity index (χ1n) is 5.70. The fourth-order valence-electron chi connectivity index (χ4n) is 1.35. The number of nitrogens with zero attached hydrogens (tertiary/aromatic N) is 1. The maximum Gasteiger partial charge on any atom is 0.251 e. The molecule has 0 radical (unpaired) electrons. The quantitative estimate of drug-likeness (QED) is 0.624. The van der Waals surface area contributed by atoms with Crippen molar-refractivity contribution in [3.8, 4) is 0 Å². The summed E-state index contributed by atoms with van der Waals surface area (Å²) in [5.74, 6) is 0.106. The van der Waals surface area contributed by atoms with Crippen LogP contribution >= 0.6 is 11.6 Å². The predicted octanol–water partition coefficient (Wildman–Crippen LogP) is 1.94. The van der Waals surface area contributed by atoms with Gasteiger partial charge in [0.15, 0.2) is 0 Å². The van der Waals surface area contributed by atoms with Crippen LogP contribution in [-0.2, 0) is 0 Å². The molecule has 0 fully saturated rings. The van der Waals surface area contributed by atoms with Crippen molar-refractivity contribution in [1.82, 2.24) is 10.3 Å². The summed E-state index contributed by atoms with van der Waals surface area (Å²) in [6.07, 6.45) is 0.765. The van der Waals surface area contributed by atoms with E-state index in [0.717, 1.165) is 12.1 Å². The Morgan fingerprint density at radius 1 is 1.53 bits per heavy atom. The number of pyridine rings is 1. The molecule has 4 nitrogen and oxygen atoms in total. The van der Waals surface area contributed by atoms with E-state index in [1.165, 1.54) is 0 Å². The number of carbonyl (C=O) groups excluding carboxylic acids is 1. The summed E-state index contributed by atoms with van der Waals surface area (Å²) in [5, 5.41) is 3.14. The van der Waals surface area contributed by atoms with Crippen molar-refractivity contribution in [3.63, 3.8) is 0 Å². The van der Waals surface area contributed by atoms with Crippen LogP contribution in [-0.4, -0.2) is 24.0 Å². The van der Waals surface area contributed by atoms with Crippen LogP contribution in [0.2, 0.25) is 5.15 Å². The van der Waals surface area contributed by atoms with Crippen LogP contribution in [0.3, 0.4) is 0 Å². The molecule has 17 heavy (non-hydrogen) atoms. The molecule has 0 aromatic carbocycles. The molecule has 0 saturated carbocycles. The van der Waals surface area contributed by atoms with E-state index in [2.05, 4.69) is 10.3 Å². The van der Waals surface area contributed by atoms with E-state index in [1.807, 2.05) is 13.8 Å². The molecule has 0 saturated heterocycles. The molecule has 5 heteroatoms. The van der Waals surface area contributed by atoms with Crippen molar-refractivity contribution in [2.45, 2.75) is 26.2 Å². The van der Waals surface area contributed by atoms with Gasteiger partial charge in [-0.25, -0.2) is 4.98 Å². The van der Waals surface area contributed by atoms with E-state index in [1.54, 1.807) is 12.1 Å². The molecule has 0 aliphatic rings. The number of aromatic nitrogens is 1. The zero-order valence-electron chi connectivity index (χ0n) is 10.2. The average Bonchev–Trinajstić information content (AvgIpc) is 2.28. The average molecular weight is 256 g/mol. The molecule has 1 aromatic rings. The Hall–Kier alpha value is -1.13. The molecule has 94 valence electrons. The maximum atomic E-state index is 11.8. The Bertz CT molecular complexity index is 393. The molecule has 0 spiro atoms. The van der Waals surface area contributed by atoms with Crippen LogP contribution in [0.4, 0.5) is 0 Å². The lowest BCUT2D eigenvalue weighted by molar-refractivity contribution is 0.0953. The van der Waals surface area contributed by atoms with Crippen LogP contribution in [0, 0.1) is 0 Å². The van der Waals surface area contributed by atoms with Gasteiger partial charge in [0.1, 0.15) is 5.15 Å². The van der Waals surface area contributed by atoms with E-state index in [0.29, 0.717) is 23.8 Å². The van der Waals surface area contributed by atoms with E-state index in [9.17, 15) is 4.79 Å². The highest BCUT2D eigenvalue weighted by Gasteiger charge is 2.10. The third-order valence-corrected chi connectivity index (χ3v) is 2.53. The zero-order chi connectivity index (χ0) is 12.8. The summed E-state index contributed by atoms with van der Waals surface area (Å²) < 4.78 is 0. The van der Waals surface area contributed by atoms with E-state index < -0.39 is 0 Å². The number of carbonyl (C=O) groups is 1. The largest absolute Gasteiger partial charge is 0.352 e. The molecule has 3 N–H and O–H groups in total. The van der Waals surface area contributed by atoms with Crippen LogP contribution in [0.1, 0.15) is 42.2 Å². The number of nitrogens with two attached hydrogens (primary N) is 1. The first kappa shape index (κ1) is 13.9. The van der Waals surface area contributed by atoms with Gasteiger partial charge in [-0.3, -0.25) is 4.79 Å². The Labute approximate surface area is 107 Å². The van der Waals surface area contributed by atoms with Crippen molar-refractivity contribution in [2.24, 2.45) is 5.73 Å². The Morgan fingerprint density at radius 2 is 2.24 bits per heavy atom. The van der Waals surface area contributed by atoms with Crippen molar-refractivity contribution < 1.29 is 4.79 Å². The van der Waals surface area contributed by atoms with Crippen molar-refractivity contribution in [3.05, 3.63) is 28.5 Å². The van der Waals surface area contributed by atoms with Gasteiger partial charge in [0.2, 0.25) is 0 Å². The summed E-state index contributed by atoms with van der Waals surface area (Å²) in [4.78, 5) is 16.0. The van der Waals surface area contributed by atoms with Crippen LogP contribution in [0.15, 0.2) is 12.1 Å². The van der Waals surface area contributed by atoms with Gasteiger partial charge in [-0.15, -0.1) is 0 Å². The molecule has 0 bridgehead atoms. The van der Waals surface area contributed by atoms with Gasteiger partial charge in [-0.05, 0) is 31.0 Å². The first-order chi connectivity index (χ1) is 8.04. The number of amides is 1. The molecular weight excluding hydrogens is 238 g/mol. The molecular formula is C12H18ClN3O. The van der Waals surface area contributed by atoms with E-state index in [4.69, 9.17) is 17.3 Å². The second-order valence-corrected chi connectivity index (χ2v) is 4.54. The minimum atomic E-state index is -0.135. The Morgan fingerprint density at radius 3 is 2.82 bits per heavy atom. The fourth-order valence-corrected chi connectivity index (χ4v) is 1.57. The lowest BCUT2D eigenvalue weighted by Crippen LogP contribution is -2.26. The van der Waals surface area contributed by atoms with Gasteiger partial charge in [-0.2, -0.15) is 0 Å². The van der Waals surface area contributed by atoms with Crippen LogP contribution in [0.5, 0.6) is 0 Å². The highest BCUT2D eigenvalue weighted by atomic mass is 35.5. The highest BCUT2D eigenvalue weighted by Crippen LogP contribution is 2.17. The van der Waals surface area contributed by atoms with Crippen LogP contribution < -0.4 is 11.1 Å². The Kier molecular flexibility index (Phi) is 5.38. The summed E-state index contributed by atoms with van der Waals surface area (Å²) in [6.45, 7) is 5.16. The lowest BCUT2D eigenvalue weighted by Gasteiger charge is -2.09. The maximum absolute atomic E-state index is 11.8. The molecule has 0 unspecified atom stereocenters. The van der Waals surface area contributed by atoms with E-state index in [-0.39, 0.29) is 11.8 Å². The third kappa shape index (κ3) is 4.32. The minimum absolute atomic E-state index is 0.135. The fraction of sp³-hybridized carbons (Fsp3) is 0.500. The normalized spacial score (nSPS) is 10.6. The van der Waals surface area contributed by atoms with E-state index >= 15 is 0 Å². The number of rotatable bonds is 5. The number of hydrogen-bond acceptors (Lipinski definition) is 3. The molecule has 0 aliphatic carbocycles. The second-order valence-electron chi connectivity index (χ2n) is 4.16. The van der Waals surface area contributed by atoms with Gasteiger partial charge < -0.3 is 11.1 Å². The van der Waals surface area contributed by atoms with Crippen LogP contribution in [0.25, 0.3) is 0 Å². The van der Waals surface area contributed by atoms with Crippen molar-refractivity contribution in [2.75, 3.05) is 13.1 Å². The summed E-state index contributed by atoms with van der Waals surface area (Å²) in [5.41, 5.74) is 6.73. The molecule has 1 amide bonds. The van der Waals surface area contributed by atoms with Gasteiger partial charge in [0.05, 0.1) is 0 Å². The smallest absolute Gasteiger partial charge is 0.251 e. The van der Waals surface area contributed by atoms with Gasteiger partial charge in [0.25, 0.3) is 5.91 Å². The van der Waals surface area contributed by atoms with Crippen molar-refractivity contribution in [1.29, 1.82) is 0 Å². The third-order valence-electron chi connectivity index (χ3n) is 2.33. The first-order valence-corrected chi connectivity index (χ1v) is 6.08. The van der Waals surface area contributed by atoms with Crippen molar-refractivity contribution >= 4 is 17.5 Å². The molecule has 1 rings (SSSR count). The summed E-state index contributed by atoms with van der Waals surface area (Å²) in [6, 6.07) is 3.35. The summed E-state index contributed by atoms with van der Waals surface area (Å²) in [7, 11) is 0. The number of halogens is 1. The van der Waals surface area contributed by atoms with Gasteiger partial charge >= 0.3 is 0 Å². The molecule has 1 aromatic heterocycles. The molecule has 1 heterocycles. The molecule has 0 atom stereocenters. The summed E-state index contributed by atoms with van der Waals surface area (Å²) >= 11 is 5.89. The van der Waals surface area contributed by atoms with Gasteiger partial charge in [0, 0.05) is 17.8 Å². The number of hydrogen-bond donors (Lipinski definition) is 2. The molecule has 0 aliphatic heterocycles. The highest BCUT2D eigenvalue weighted by molar-refractivity contribution is 6.29. The van der Waals surface area contributed by atoms with Gasteiger partial charge in [-0.1, -0.05) is 25.4 Å². The zero-order valence-corrected chi connectivity index (χ0v) is 10.9. The predicted molar refractivity (Wildman–Crippen MR) is 69.3 cm³/mol. The second kappa shape index (κ2) is 6.57. The minimum Gasteiger partial charge on any atom is -0.352 e. The monoisotopic (exact) mass is 255 g/mol. The lowest BCUT2D eigenvalue weighted by atomic mass is 10.1. The SMILES string of the molecule is CC(C)c1cc(C(=O)NCCCN)cc(Cl)n1.